The topological polar surface area (TPSA) is 74.8 Å². The first kappa shape index (κ1) is 21.6. The van der Waals surface area contributed by atoms with Crippen molar-refractivity contribution in [2.45, 2.75) is 48.3 Å². The molecule has 0 aromatic heterocycles. The molecule has 0 radical (unpaired) electrons. The SMILES string of the molecule is O=S1(=O)C[C@@H]2SC(=S)N(CCCCCCN3C(=S)S[C@@H]4CS(=O)(=O)C[C@@H]43)[C@H]2C1. The maximum Gasteiger partial charge on any atom is 0.153 e. The summed E-state index contributed by atoms with van der Waals surface area (Å²) in [5, 5.41) is 0.226. The highest BCUT2D eigenvalue weighted by Crippen LogP contribution is 2.39. The largest absolute Gasteiger partial charge is 0.352 e. The molecule has 0 aromatic rings. The number of rotatable bonds is 7. The predicted molar refractivity (Wildman–Crippen MR) is 125 cm³/mol. The highest BCUT2D eigenvalue weighted by Gasteiger charge is 2.48. The molecule has 0 bridgehead atoms. The predicted octanol–water partition coefficient (Wildman–Crippen LogP) is 1.55. The molecular weight excluding hydrogens is 477 g/mol. The van der Waals surface area contributed by atoms with Gasteiger partial charge in [0.05, 0.1) is 35.1 Å². The molecule has 0 unspecified atom stereocenters. The van der Waals surface area contributed by atoms with Gasteiger partial charge in [0.15, 0.2) is 19.7 Å². The van der Waals surface area contributed by atoms with Crippen LogP contribution in [0.2, 0.25) is 0 Å². The first-order valence-electron chi connectivity index (χ1n) is 9.50. The Morgan fingerprint density at radius 3 is 1.50 bits per heavy atom. The third-order valence-electron chi connectivity index (χ3n) is 5.87. The summed E-state index contributed by atoms with van der Waals surface area (Å²) in [7, 11) is -5.83. The van der Waals surface area contributed by atoms with E-state index in [1.807, 2.05) is 0 Å². The van der Waals surface area contributed by atoms with Crippen LogP contribution in [0.15, 0.2) is 0 Å². The molecule has 0 aliphatic carbocycles. The van der Waals surface area contributed by atoms with Crippen molar-refractivity contribution >= 4 is 76.3 Å². The lowest BCUT2D eigenvalue weighted by atomic mass is 10.1. The maximum absolute atomic E-state index is 11.8. The van der Waals surface area contributed by atoms with Crippen LogP contribution in [0.3, 0.4) is 0 Å². The summed E-state index contributed by atoms with van der Waals surface area (Å²) >= 11 is 14.0. The zero-order valence-corrected chi connectivity index (χ0v) is 20.3. The monoisotopic (exact) mass is 500 g/mol. The van der Waals surface area contributed by atoms with Crippen molar-refractivity contribution in [3.05, 3.63) is 0 Å². The third kappa shape index (κ3) is 4.51. The Bertz CT molecular complexity index is 802. The number of fused-ring (bicyclic) bond motifs is 2. The van der Waals surface area contributed by atoms with E-state index in [9.17, 15) is 16.8 Å². The quantitative estimate of drug-likeness (QED) is 0.380. The van der Waals surface area contributed by atoms with Gasteiger partial charge in [-0.05, 0) is 12.8 Å². The van der Waals surface area contributed by atoms with E-state index >= 15 is 0 Å². The van der Waals surface area contributed by atoms with Crippen LogP contribution in [0.4, 0.5) is 0 Å². The van der Waals surface area contributed by atoms with Crippen LogP contribution in [-0.2, 0) is 19.7 Å². The second kappa shape index (κ2) is 8.14. The molecule has 4 saturated heterocycles. The number of sulfone groups is 2. The Labute approximate surface area is 186 Å². The minimum atomic E-state index is -2.92. The number of nitrogens with zero attached hydrogens (tertiary/aromatic N) is 2. The molecular formula is C16H24N2O4S6. The van der Waals surface area contributed by atoms with Crippen LogP contribution in [0.25, 0.3) is 0 Å². The van der Waals surface area contributed by atoms with Gasteiger partial charge in [-0.3, -0.25) is 0 Å². The molecule has 158 valence electrons. The van der Waals surface area contributed by atoms with Crippen LogP contribution in [0.1, 0.15) is 25.7 Å². The average Bonchev–Trinajstić information content (AvgIpc) is 3.20. The Hall–Kier alpha value is 0.380. The standard InChI is InChI=1S/C16H24N2O4S6/c19-27(20)7-11-13(9-27)25-15(23)17(11)5-3-1-2-4-6-18-12-8-28(21,22)10-14(12)26-16(18)24/h11-14H,1-10H2/t11-,12-,13-,14+/m0/s1. The van der Waals surface area contributed by atoms with E-state index in [1.54, 1.807) is 23.5 Å². The fraction of sp³-hybridized carbons (Fsp3) is 0.875. The number of hydrogen-bond acceptors (Lipinski definition) is 8. The fourth-order valence-electron chi connectivity index (χ4n) is 4.50. The molecule has 4 heterocycles. The van der Waals surface area contributed by atoms with Gasteiger partial charge in [0.25, 0.3) is 0 Å². The number of thioether (sulfide) groups is 2. The molecule has 0 spiro atoms. The second-order valence-electron chi connectivity index (χ2n) is 7.93. The molecule has 6 nitrogen and oxygen atoms in total. The second-order valence-corrected chi connectivity index (χ2v) is 16.0. The van der Waals surface area contributed by atoms with Crippen molar-refractivity contribution in [1.82, 2.24) is 9.80 Å². The molecule has 0 saturated carbocycles. The summed E-state index contributed by atoms with van der Waals surface area (Å²) in [4.78, 5) is 4.24. The Kier molecular flexibility index (Phi) is 6.28. The Balaban J connectivity index is 1.18. The van der Waals surface area contributed by atoms with Gasteiger partial charge >= 0.3 is 0 Å². The van der Waals surface area contributed by atoms with E-state index in [4.69, 9.17) is 24.4 Å². The third-order valence-corrected chi connectivity index (χ3v) is 13.2. The molecule has 0 amide bonds. The van der Waals surface area contributed by atoms with Gasteiger partial charge in [0.2, 0.25) is 0 Å². The van der Waals surface area contributed by atoms with Crippen molar-refractivity contribution in [3.63, 3.8) is 0 Å². The lowest BCUT2D eigenvalue weighted by Crippen LogP contribution is -2.37. The van der Waals surface area contributed by atoms with Gasteiger partial charge in [-0.2, -0.15) is 0 Å². The highest BCUT2D eigenvalue weighted by atomic mass is 32.2. The Morgan fingerprint density at radius 2 is 1.11 bits per heavy atom. The van der Waals surface area contributed by atoms with E-state index in [0.717, 1.165) is 47.4 Å². The van der Waals surface area contributed by atoms with E-state index in [2.05, 4.69) is 9.80 Å². The molecule has 0 aromatic carbocycles. The molecule has 28 heavy (non-hydrogen) atoms. The lowest BCUT2D eigenvalue weighted by molar-refractivity contribution is 0.336. The highest BCUT2D eigenvalue weighted by molar-refractivity contribution is 8.24. The summed E-state index contributed by atoms with van der Waals surface area (Å²) < 4.78 is 49.1. The Morgan fingerprint density at radius 1 is 0.714 bits per heavy atom. The van der Waals surface area contributed by atoms with Gasteiger partial charge in [-0.25, -0.2) is 16.8 Å². The van der Waals surface area contributed by atoms with Gasteiger partial charge in [-0.1, -0.05) is 60.8 Å². The molecule has 4 rings (SSSR count). The fourth-order valence-corrected chi connectivity index (χ4v) is 13.3. The van der Waals surface area contributed by atoms with Crippen molar-refractivity contribution < 1.29 is 16.8 Å². The summed E-state index contributed by atoms with van der Waals surface area (Å²) in [5.74, 6) is 0.982. The zero-order valence-electron chi connectivity index (χ0n) is 15.4. The summed E-state index contributed by atoms with van der Waals surface area (Å²) in [6.07, 6.45) is 4.08. The average molecular weight is 501 g/mol. The molecule has 4 aliphatic rings. The normalized spacial score (nSPS) is 35.6. The van der Waals surface area contributed by atoms with E-state index in [-0.39, 0.29) is 45.6 Å². The van der Waals surface area contributed by atoms with Crippen LogP contribution in [0.5, 0.6) is 0 Å². The zero-order chi connectivity index (χ0) is 20.1. The van der Waals surface area contributed by atoms with E-state index in [0.29, 0.717) is 0 Å². The van der Waals surface area contributed by atoms with Gasteiger partial charge in [0, 0.05) is 23.6 Å². The molecule has 4 aliphatic heterocycles. The number of hydrogen-bond donors (Lipinski definition) is 0. The number of thiocarbonyl (C=S) groups is 2. The molecule has 12 heteroatoms. The first-order valence-corrected chi connectivity index (χ1v) is 15.7. The van der Waals surface area contributed by atoms with Gasteiger partial charge in [-0.15, -0.1) is 0 Å². The summed E-state index contributed by atoms with van der Waals surface area (Å²) in [6, 6.07) is 0.116. The molecule has 4 fully saturated rings. The van der Waals surface area contributed by atoms with Crippen LogP contribution in [-0.4, -0.2) is 94.0 Å². The van der Waals surface area contributed by atoms with E-state index in [1.165, 1.54) is 0 Å². The van der Waals surface area contributed by atoms with Gasteiger partial charge < -0.3 is 9.80 Å². The van der Waals surface area contributed by atoms with Crippen molar-refractivity contribution in [2.75, 3.05) is 36.1 Å². The van der Waals surface area contributed by atoms with Gasteiger partial charge in [0.1, 0.15) is 8.64 Å². The van der Waals surface area contributed by atoms with E-state index < -0.39 is 19.7 Å². The van der Waals surface area contributed by atoms with Crippen LogP contribution >= 0.6 is 48.0 Å². The smallest absolute Gasteiger partial charge is 0.153 e. The van der Waals surface area contributed by atoms with Crippen molar-refractivity contribution in [3.8, 4) is 0 Å². The summed E-state index contributed by atoms with van der Waals surface area (Å²) in [6.45, 7) is 1.65. The summed E-state index contributed by atoms with van der Waals surface area (Å²) in [5.41, 5.74) is 0. The molecule has 4 atom stereocenters. The van der Waals surface area contributed by atoms with Crippen molar-refractivity contribution in [1.29, 1.82) is 0 Å². The minimum Gasteiger partial charge on any atom is -0.352 e. The maximum atomic E-state index is 11.8. The lowest BCUT2D eigenvalue weighted by Gasteiger charge is -2.25. The molecule has 0 N–H and O–H groups in total. The van der Waals surface area contributed by atoms with Crippen molar-refractivity contribution in [2.24, 2.45) is 0 Å². The number of unbranched alkanes of at least 4 members (excludes halogenated alkanes) is 3. The first-order chi connectivity index (χ1) is 13.2. The minimum absolute atomic E-state index is 0.0581. The van der Waals surface area contributed by atoms with Crippen LogP contribution in [0, 0.1) is 0 Å². The van der Waals surface area contributed by atoms with Crippen LogP contribution < -0.4 is 0 Å².